The van der Waals surface area contributed by atoms with E-state index in [0.717, 1.165) is 6.07 Å². The fraction of sp³-hybridized carbons (Fsp3) is 0.333. The fourth-order valence-electron chi connectivity index (χ4n) is 1.12. The Bertz CT molecular complexity index is 317. The van der Waals surface area contributed by atoms with Crippen molar-refractivity contribution in [3.63, 3.8) is 0 Å². The van der Waals surface area contributed by atoms with Gasteiger partial charge in [-0.3, -0.25) is 0 Å². The van der Waals surface area contributed by atoms with Crippen LogP contribution in [-0.4, -0.2) is 11.7 Å². The molecule has 0 aliphatic carbocycles. The van der Waals surface area contributed by atoms with Gasteiger partial charge in [-0.1, -0.05) is 18.2 Å². The molecule has 0 aromatic heterocycles. The standard InChI is InChI=1S/C9H10F3NO/c10-8-5(7(14)4-13)2-1-3-6(8)9(11)12/h1-3,7,9,14H,4,13H2/t7-/m0/s1. The highest BCUT2D eigenvalue weighted by atomic mass is 19.3. The van der Waals surface area contributed by atoms with Crippen molar-refractivity contribution in [2.24, 2.45) is 5.73 Å². The van der Waals surface area contributed by atoms with Crippen LogP contribution in [0.2, 0.25) is 0 Å². The van der Waals surface area contributed by atoms with Crippen LogP contribution in [0.25, 0.3) is 0 Å². The van der Waals surface area contributed by atoms with Crippen molar-refractivity contribution in [2.75, 3.05) is 6.54 Å². The molecule has 1 atom stereocenters. The molecular weight excluding hydrogens is 195 g/mol. The first-order chi connectivity index (χ1) is 6.57. The average molecular weight is 205 g/mol. The number of halogens is 3. The van der Waals surface area contributed by atoms with Crippen molar-refractivity contribution in [3.8, 4) is 0 Å². The van der Waals surface area contributed by atoms with Gasteiger partial charge in [-0.15, -0.1) is 0 Å². The number of hydrogen-bond donors (Lipinski definition) is 2. The topological polar surface area (TPSA) is 46.2 Å². The Morgan fingerprint density at radius 3 is 2.36 bits per heavy atom. The minimum absolute atomic E-state index is 0.190. The van der Waals surface area contributed by atoms with Crippen molar-refractivity contribution in [2.45, 2.75) is 12.5 Å². The predicted molar refractivity (Wildman–Crippen MR) is 45.4 cm³/mol. The van der Waals surface area contributed by atoms with Gasteiger partial charge in [0, 0.05) is 12.1 Å². The molecule has 14 heavy (non-hydrogen) atoms. The molecule has 0 radical (unpaired) electrons. The highest BCUT2D eigenvalue weighted by molar-refractivity contribution is 5.28. The van der Waals surface area contributed by atoms with Crippen LogP contribution in [0.5, 0.6) is 0 Å². The van der Waals surface area contributed by atoms with Gasteiger partial charge in [0.15, 0.2) is 0 Å². The second-order valence-corrected chi connectivity index (χ2v) is 2.80. The molecule has 0 amide bonds. The van der Waals surface area contributed by atoms with E-state index in [0.29, 0.717) is 0 Å². The van der Waals surface area contributed by atoms with Crippen LogP contribution in [0.15, 0.2) is 18.2 Å². The number of alkyl halides is 2. The van der Waals surface area contributed by atoms with Gasteiger partial charge in [-0.05, 0) is 0 Å². The minimum atomic E-state index is -2.89. The van der Waals surface area contributed by atoms with Crippen LogP contribution >= 0.6 is 0 Å². The summed E-state index contributed by atoms with van der Waals surface area (Å²) >= 11 is 0. The minimum Gasteiger partial charge on any atom is -0.387 e. The van der Waals surface area contributed by atoms with Gasteiger partial charge in [0.2, 0.25) is 0 Å². The molecule has 0 aliphatic heterocycles. The monoisotopic (exact) mass is 205 g/mol. The Kier molecular flexibility index (Phi) is 3.49. The average Bonchev–Trinajstić information content (AvgIpc) is 2.16. The first-order valence-corrected chi connectivity index (χ1v) is 4.02. The molecule has 3 N–H and O–H groups in total. The van der Waals surface area contributed by atoms with Gasteiger partial charge in [0.25, 0.3) is 6.43 Å². The van der Waals surface area contributed by atoms with E-state index >= 15 is 0 Å². The van der Waals surface area contributed by atoms with Crippen molar-refractivity contribution in [1.82, 2.24) is 0 Å². The van der Waals surface area contributed by atoms with Crippen molar-refractivity contribution in [1.29, 1.82) is 0 Å². The molecule has 5 heteroatoms. The quantitative estimate of drug-likeness (QED) is 0.789. The highest BCUT2D eigenvalue weighted by Gasteiger charge is 2.19. The molecule has 0 fully saturated rings. The van der Waals surface area contributed by atoms with Crippen LogP contribution in [0.1, 0.15) is 23.7 Å². The second kappa shape index (κ2) is 4.43. The number of rotatable bonds is 3. The molecule has 0 bridgehead atoms. The van der Waals surface area contributed by atoms with E-state index in [1.54, 1.807) is 0 Å². The number of hydrogen-bond acceptors (Lipinski definition) is 2. The summed E-state index contributed by atoms with van der Waals surface area (Å²) in [6, 6.07) is 3.48. The molecule has 1 aromatic rings. The molecule has 0 heterocycles. The zero-order chi connectivity index (χ0) is 10.7. The second-order valence-electron chi connectivity index (χ2n) is 2.80. The van der Waals surface area contributed by atoms with E-state index in [2.05, 4.69) is 0 Å². The molecule has 1 rings (SSSR count). The van der Waals surface area contributed by atoms with Crippen LogP contribution < -0.4 is 5.73 Å². The maximum atomic E-state index is 13.3. The summed E-state index contributed by atoms with van der Waals surface area (Å²) in [4.78, 5) is 0. The summed E-state index contributed by atoms with van der Waals surface area (Å²) in [5.41, 5.74) is 4.19. The third-order valence-corrected chi connectivity index (χ3v) is 1.88. The van der Waals surface area contributed by atoms with Gasteiger partial charge in [-0.2, -0.15) is 0 Å². The van der Waals surface area contributed by atoms with Crippen LogP contribution in [0.3, 0.4) is 0 Å². The number of benzene rings is 1. The first kappa shape index (κ1) is 11.0. The van der Waals surface area contributed by atoms with Gasteiger partial charge in [-0.25, -0.2) is 13.2 Å². The Morgan fingerprint density at radius 2 is 1.86 bits per heavy atom. The SMILES string of the molecule is NC[C@H](O)c1cccc(C(F)F)c1F. The van der Waals surface area contributed by atoms with Gasteiger partial charge >= 0.3 is 0 Å². The predicted octanol–water partition coefficient (Wildman–Crippen LogP) is 1.76. The molecular formula is C9H10F3NO. The van der Waals surface area contributed by atoms with E-state index in [-0.39, 0.29) is 12.1 Å². The molecule has 2 nitrogen and oxygen atoms in total. The lowest BCUT2D eigenvalue weighted by Crippen LogP contribution is -2.13. The van der Waals surface area contributed by atoms with E-state index in [4.69, 9.17) is 5.73 Å². The smallest absolute Gasteiger partial charge is 0.266 e. The Balaban J connectivity index is 3.13. The van der Waals surface area contributed by atoms with Gasteiger partial charge < -0.3 is 10.8 Å². The van der Waals surface area contributed by atoms with Crippen molar-refractivity contribution >= 4 is 0 Å². The van der Waals surface area contributed by atoms with Crippen LogP contribution in [-0.2, 0) is 0 Å². The van der Waals surface area contributed by atoms with Crippen molar-refractivity contribution < 1.29 is 18.3 Å². The summed E-state index contributed by atoms with van der Waals surface area (Å²) in [7, 11) is 0. The molecule has 0 aliphatic rings. The first-order valence-electron chi connectivity index (χ1n) is 4.02. The van der Waals surface area contributed by atoms with Gasteiger partial charge in [0.1, 0.15) is 5.82 Å². The van der Waals surface area contributed by atoms with E-state index in [9.17, 15) is 18.3 Å². The lowest BCUT2D eigenvalue weighted by Gasteiger charge is -2.11. The fourth-order valence-corrected chi connectivity index (χ4v) is 1.12. The van der Waals surface area contributed by atoms with Crippen LogP contribution in [0, 0.1) is 5.82 Å². The lowest BCUT2D eigenvalue weighted by molar-refractivity contribution is 0.143. The van der Waals surface area contributed by atoms with E-state index in [1.807, 2.05) is 0 Å². The highest BCUT2D eigenvalue weighted by Crippen LogP contribution is 2.26. The zero-order valence-electron chi connectivity index (χ0n) is 7.25. The summed E-state index contributed by atoms with van der Waals surface area (Å²) < 4.78 is 37.7. The summed E-state index contributed by atoms with van der Waals surface area (Å²) in [6.07, 6.45) is -4.13. The van der Waals surface area contributed by atoms with E-state index < -0.39 is 23.9 Å². The van der Waals surface area contributed by atoms with E-state index in [1.165, 1.54) is 12.1 Å². The summed E-state index contributed by atoms with van der Waals surface area (Å²) in [5, 5.41) is 9.21. The third-order valence-electron chi connectivity index (χ3n) is 1.88. The summed E-state index contributed by atoms with van der Waals surface area (Å²) in [5.74, 6) is -1.08. The molecule has 0 saturated heterocycles. The Hall–Kier alpha value is -1.07. The molecule has 0 saturated carbocycles. The van der Waals surface area contributed by atoms with Gasteiger partial charge in [0.05, 0.1) is 11.7 Å². The Morgan fingerprint density at radius 1 is 1.29 bits per heavy atom. The Labute approximate surface area is 79.2 Å². The normalized spacial score (nSPS) is 13.3. The number of nitrogens with two attached hydrogens (primary N) is 1. The lowest BCUT2D eigenvalue weighted by atomic mass is 10.1. The largest absolute Gasteiger partial charge is 0.387 e. The molecule has 0 unspecified atom stereocenters. The maximum absolute atomic E-state index is 13.3. The molecule has 1 aromatic carbocycles. The molecule has 0 spiro atoms. The zero-order valence-corrected chi connectivity index (χ0v) is 7.25. The number of aliphatic hydroxyl groups is 1. The molecule has 78 valence electrons. The van der Waals surface area contributed by atoms with Crippen LogP contribution in [0.4, 0.5) is 13.2 Å². The van der Waals surface area contributed by atoms with Crippen molar-refractivity contribution in [3.05, 3.63) is 35.1 Å². The maximum Gasteiger partial charge on any atom is 0.266 e. The number of aliphatic hydroxyl groups excluding tert-OH is 1. The summed E-state index contributed by atoms with van der Waals surface area (Å²) in [6.45, 7) is -0.205. The third kappa shape index (κ3) is 2.05.